The lowest BCUT2D eigenvalue weighted by Gasteiger charge is -2.15. The molecule has 0 aliphatic rings. The Bertz CT molecular complexity index is 677. The third-order valence-electron chi connectivity index (χ3n) is 3.75. The van der Waals surface area contributed by atoms with Crippen LogP contribution in [0, 0.1) is 0 Å². The molecule has 0 radical (unpaired) electrons. The van der Waals surface area contributed by atoms with Crippen molar-refractivity contribution in [1.82, 2.24) is 5.32 Å². The van der Waals surface area contributed by atoms with Gasteiger partial charge in [-0.3, -0.25) is 0 Å². The van der Waals surface area contributed by atoms with Crippen molar-refractivity contribution >= 4 is 0 Å². The number of nitrogens with one attached hydrogen (secondary N) is 1. The Morgan fingerprint density at radius 1 is 1.04 bits per heavy atom. The number of benzene rings is 2. The van der Waals surface area contributed by atoms with Crippen molar-refractivity contribution in [3.63, 3.8) is 0 Å². The molecule has 0 amide bonds. The Hall–Kier alpha value is -2.34. The van der Waals surface area contributed by atoms with Crippen LogP contribution in [-0.2, 0) is 13.0 Å². The van der Waals surface area contributed by atoms with Crippen LogP contribution in [-0.4, -0.2) is 25.9 Å². The van der Waals surface area contributed by atoms with E-state index in [0.29, 0.717) is 25.3 Å². The summed E-state index contributed by atoms with van der Waals surface area (Å²) in [6.07, 6.45) is -2.04. The largest absolute Gasteiger partial charge is 0.508 e. The first kappa shape index (κ1) is 18.0. The third kappa shape index (κ3) is 4.35. The van der Waals surface area contributed by atoms with Crippen LogP contribution in [0.5, 0.6) is 17.2 Å². The van der Waals surface area contributed by atoms with Crippen molar-refractivity contribution in [2.24, 2.45) is 0 Å². The van der Waals surface area contributed by atoms with Crippen molar-refractivity contribution in [2.75, 3.05) is 20.8 Å². The van der Waals surface area contributed by atoms with Gasteiger partial charge < -0.3 is 19.9 Å². The molecule has 0 atom stereocenters. The average Bonchev–Trinajstić information content (AvgIpc) is 2.59. The Morgan fingerprint density at radius 2 is 1.75 bits per heavy atom. The summed E-state index contributed by atoms with van der Waals surface area (Å²) in [5, 5.41) is 12.9. The maximum Gasteiger partial charge on any atom is 0.267 e. The van der Waals surface area contributed by atoms with Crippen LogP contribution in [0.3, 0.4) is 0 Å². The third-order valence-corrected chi connectivity index (χ3v) is 3.75. The summed E-state index contributed by atoms with van der Waals surface area (Å²) in [6, 6.07) is 10.00. The lowest BCUT2D eigenvalue weighted by atomic mass is 10.1. The van der Waals surface area contributed by atoms with Gasteiger partial charge in [0, 0.05) is 12.1 Å². The number of methoxy groups -OCH3 is 2. The summed E-state index contributed by atoms with van der Waals surface area (Å²) in [7, 11) is 2.82. The summed E-state index contributed by atoms with van der Waals surface area (Å²) in [5.74, 6) is 0.808. The van der Waals surface area contributed by atoms with E-state index in [-0.39, 0.29) is 17.1 Å². The first-order valence-corrected chi connectivity index (χ1v) is 7.57. The lowest BCUT2D eigenvalue weighted by Crippen LogP contribution is -2.17. The zero-order valence-corrected chi connectivity index (χ0v) is 13.7. The van der Waals surface area contributed by atoms with E-state index in [1.54, 1.807) is 18.2 Å². The number of para-hydroxylation sites is 1. The van der Waals surface area contributed by atoms with Gasteiger partial charge in [-0.25, -0.2) is 8.78 Å². The molecular formula is C18H21F2NO3. The van der Waals surface area contributed by atoms with E-state index in [2.05, 4.69) is 5.32 Å². The van der Waals surface area contributed by atoms with Crippen LogP contribution >= 0.6 is 0 Å². The van der Waals surface area contributed by atoms with Gasteiger partial charge in [-0.05, 0) is 36.7 Å². The van der Waals surface area contributed by atoms with E-state index in [0.717, 1.165) is 11.1 Å². The lowest BCUT2D eigenvalue weighted by molar-refractivity contribution is 0.146. The molecular weight excluding hydrogens is 316 g/mol. The molecule has 0 saturated carbocycles. The van der Waals surface area contributed by atoms with Crippen molar-refractivity contribution < 1.29 is 23.4 Å². The second kappa shape index (κ2) is 8.49. The summed E-state index contributed by atoms with van der Waals surface area (Å²) in [6.45, 7) is 1.11. The van der Waals surface area contributed by atoms with Gasteiger partial charge in [-0.2, -0.15) is 0 Å². The van der Waals surface area contributed by atoms with Crippen LogP contribution in [0.1, 0.15) is 23.1 Å². The van der Waals surface area contributed by atoms with E-state index in [1.807, 2.05) is 12.1 Å². The Balaban J connectivity index is 2.02. The van der Waals surface area contributed by atoms with Gasteiger partial charge in [-0.15, -0.1) is 0 Å². The minimum absolute atomic E-state index is 0.154. The number of alkyl halides is 2. The molecule has 4 nitrogen and oxygen atoms in total. The monoisotopic (exact) mass is 337 g/mol. The normalized spacial score (nSPS) is 10.9. The zero-order chi connectivity index (χ0) is 17.5. The highest BCUT2D eigenvalue weighted by Crippen LogP contribution is 2.35. The molecule has 0 fully saturated rings. The molecule has 0 spiro atoms. The molecule has 6 heteroatoms. The van der Waals surface area contributed by atoms with Gasteiger partial charge in [0.25, 0.3) is 6.43 Å². The van der Waals surface area contributed by atoms with Crippen molar-refractivity contribution in [3.8, 4) is 17.2 Å². The number of hydrogen-bond acceptors (Lipinski definition) is 4. The molecule has 0 bridgehead atoms. The molecule has 2 rings (SSSR count). The predicted octanol–water partition coefficient (Wildman–Crippen LogP) is 3.68. The Morgan fingerprint density at radius 3 is 2.38 bits per heavy atom. The zero-order valence-electron chi connectivity index (χ0n) is 13.7. The molecule has 0 aliphatic carbocycles. The van der Waals surface area contributed by atoms with Crippen molar-refractivity contribution in [2.45, 2.75) is 19.4 Å². The first-order chi connectivity index (χ1) is 11.6. The fraction of sp³-hybridized carbons (Fsp3) is 0.333. The standard InChI is InChI=1S/C18H21F2NO3/c1-23-16-10-14(18(19)20)17(24-2)9-12(16)7-8-21-11-13-5-3-4-6-15(13)22/h3-6,9-10,18,21-22H,7-8,11H2,1-2H3. The van der Waals surface area contributed by atoms with Gasteiger partial charge in [0.2, 0.25) is 0 Å². The van der Waals surface area contributed by atoms with Crippen LogP contribution in [0.15, 0.2) is 36.4 Å². The van der Waals surface area contributed by atoms with Crippen molar-refractivity contribution in [1.29, 1.82) is 0 Å². The smallest absolute Gasteiger partial charge is 0.267 e. The molecule has 0 heterocycles. The number of phenols is 1. The maximum absolute atomic E-state index is 13.0. The fourth-order valence-corrected chi connectivity index (χ4v) is 2.46. The second-order valence-electron chi connectivity index (χ2n) is 5.26. The minimum atomic E-state index is -2.62. The summed E-state index contributed by atoms with van der Waals surface area (Å²) in [5.41, 5.74) is 1.40. The number of aromatic hydroxyl groups is 1. The van der Waals surface area contributed by atoms with E-state index < -0.39 is 6.43 Å². The van der Waals surface area contributed by atoms with Crippen LogP contribution in [0.2, 0.25) is 0 Å². The van der Waals surface area contributed by atoms with E-state index in [1.165, 1.54) is 20.3 Å². The predicted molar refractivity (Wildman–Crippen MR) is 88.0 cm³/mol. The van der Waals surface area contributed by atoms with Crippen LogP contribution in [0.25, 0.3) is 0 Å². The minimum Gasteiger partial charge on any atom is -0.508 e. The van der Waals surface area contributed by atoms with Crippen LogP contribution < -0.4 is 14.8 Å². The number of ether oxygens (including phenoxy) is 2. The topological polar surface area (TPSA) is 50.7 Å². The number of rotatable bonds is 8. The van der Waals surface area contributed by atoms with Gasteiger partial charge in [-0.1, -0.05) is 18.2 Å². The summed E-state index contributed by atoms with van der Waals surface area (Å²) in [4.78, 5) is 0. The molecule has 24 heavy (non-hydrogen) atoms. The second-order valence-corrected chi connectivity index (χ2v) is 5.26. The first-order valence-electron chi connectivity index (χ1n) is 7.57. The summed E-state index contributed by atoms with van der Waals surface area (Å²) >= 11 is 0. The SMILES string of the molecule is COc1cc(C(F)F)c(OC)cc1CCNCc1ccccc1O. The molecule has 0 aliphatic heterocycles. The fourth-order valence-electron chi connectivity index (χ4n) is 2.46. The molecule has 2 aromatic carbocycles. The highest BCUT2D eigenvalue weighted by Gasteiger charge is 2.18. The maximum atomic E-state index is 13.0. The van der Waals surface area contributed by atoms with E-state index in [9.17, 15) is 13.9 Å². The van der Waals surface area contributed by atoms with Gasteiger partial charge in [0.05, 0.1) is 19.8 Å². The quantitative estimate of drug-likeness (QED) is 0.722. The van der Waals surface area contributed by atoms with E-state index in [4.69, 9.17) is 9.47 Å². The molecule has 130 valence electrons. The van der Waals surface area contributed by atoms with Gasteiger partial charge >= 0.3 is 0 Å². The average molecular weight is 337 g/mol. The Labute approximate surface area is 140 Å². The summed E-state index contributed by atoms with van der Waals surface area (Å²) < 4.78 is 36.3. The number of halogens is 2. The molecule has 0 saturated heterocycles. The molecule has 2 N–H and O–H groups in total. The van der Waals surface area contributed by atoms with Gasteiger partial charge in [0.15, 0.2) is 0 Å². The number of phenolic OH excluding ortho intramolecular Hbond substituents is 1. The Kier molecular flexibility index (Phi) is 6.37. The van der Waals surface area contributed by atoms with Gasteiger partial charge in [0.1, 0.15) is 17.2 Å². The van der Waals surface area contributed by atoms with Crippen molar-refractivity contribution in [3.05, 3.63) is 53.1 Å². The number of hydrogen-bond donors (Lipinski definition) is 2. The van der Waals surface area contributed by atoms with E-state index >= 15 is 0 Å². The molecule has 0 unspecified atom stereocenters. The molecule has 2 aromatic rings. The highest BCUT2D eigenvalue weighted by atomic mass is 19.3. The van der Waals surface area contributed by atoms with Crippen LogP contribution in [0.4, 0.5) is 8.78 Å². The highest BCUT2D eigenvalue weighted by molar-refractivity contribution is 5.47. The molecule has 0 aromatic heterocycles.